The van der Waals surface area contributed by atoms with E-state index >= 15 is 0 Å². The summed E-state index contributed by atoms with van der Waals surface area (Å²) >= 11 is 0. The molecular formula is C49H64N8O6. The van der Waals surface area contributed by atoms with Gasteiger partial charge in [0.15, 0.2) is 6.04 Å². The van der Waals surface area contributed by atoms with Gasteiger partial charge in [0.1, 0.15) is 6.04 Å². The Bertz CT molecular complexity index is 1990. The van der Waals surface area contributed by atoms with Gasteiger partial charge in [0.2, 0.25) is 30.5 Å². The molecule has 3 aromatic carbocycles. The lowest BCUT2D eigenvalue weighted by atomic mass is 9.88. The molecule has 5 atom stereocenters. The Hall–Kier alpha value is -6.04. The van der Waals surface area contributed by atoms with Crippen LogP contribution in [0, 0.1) is 11.8 Å². The normalized spacial score (nSPS) is 18.7. The second-order valence-electron chi connectivity index (χ2n) is 16.3. The van der Waals surface area contributed by atoms with Crippen LogP contribution in [0.2, 0.25) is 0 Å². The van der Waals surface area contributed by atoms with Crippen molar-refractivity contribution in [1.29, 1.82) is 0 Å². The lowest BCUT2D eigenvalue weighted by molar-refractivity contribution is -0.135. The van der Waals surface area contributed by atoms with Crippen LogP contribution in [0.1, 0.15) is 110 Å². The molecule has 0 spiro atoms. The number of benzene rings is 3. The first-order chi connectivity index (χ1) is 30.7. The minimum atomic E-state index is -0.952. The van der Waals surface area contributed by atoms with Gasteiger partial charge in [0.05, 0.1) is 24.7 Å². The van der Waals surface area contributed by atoms with E-state index in [9.17, 15) is 28.8 Å². The van der Waals surface area contributed by atoms with E-state index in [1.54, 1.807) is 55.1 Å². The molecule has 6 N–H and O–H groups in total. The van der Waals surface area contributed by atoms with E-state index in [0.29, 0.717) is 37.3 Å². The highest BCUT2D eigenvalue weighted by molar-refractivity contribution is 5.92. The van der Waals surface area contributed by atoms with E-state index in [0.717, 1.165) is 64.2 Å². The zero-order chi connectivity index (χ0) is 45.0. The molecule has 2 fully saturated rings. The average Bonchev–Trinajstić information content (AvgIpc) is 4.07. The molecule has 6 amide bonds. The first kappa shape index (κ1) is 48.0. The summed E-state index contributed by atoms with van der Waals surface area (Å²) in [7, 11) is 3.35. The molecule has 3 aromatic rings. The number of nitrogens with one attached hydrogen (secondary N) is 6. The highest BCUT2D eigenvalue weighted by atomic mass is 16.2. The summed E-state index contributed by atoms with van der Waals surface area (Å²) in [6.45, 7) is 4.52. The summed E-state index contributed by atoms with van der Waals surface area (Å²) in [4.78, 5) is 75.1. The fourth-order valence-electron chi connectivity index (χ4n) is 8.39. The third-order valence-corrected chi connectivity index (χ3v) is 12.0. The largest absolute Gasteiger partial charge is 0.352 e. The van der Waals surface area contributed by atoms with E-state index in [4.69, 9.17) is 0 Å². The Morgan fingerprint density at radius 3 is 1.68 bits per heavy atom. The standard InChI is InChI=1S/C27H38N6O4.2C11H13NO/c1-19(29-3)25(35)30-22(26(36)32-14-4-5-15-32)13-10-20-8-11-21(12-9-20)24(31-23(34)18-28-2)27(37)33-16-6-7-17-33;2*13-8-12-11-7-3-5-9-4-1-2-6-10(9)11/h8-9,11-12,19,22,24,28-29H,4-7,14-18H2,1-3H3,(H,30,35)(H,31,34);2*1-2,4,6,8,11H,3,5,7H2,(H,12,13)/t19-,22?,24?;;/m0../s1. The molecule has 336 valence electrons. The molecule has 2 aliphatic carbocycles. The smallest absolute Gasteiger partial charge is 0.257 e. The molecule has 0 bridgehead atoms. The number of likely N-dealkylation sites (tertiary alicyclic amines) is 2. The zero-order valence-electron chi connectivity index (χ0n) is 36.9. The number of nitrogens with zero attached hydrogens (tertiary/aromatic N) is 2. The maximum atomic E-state index is 13.1. The van der Waals surface area contributed by atoms with Gasteiger partial charge in [0, 0.05) is 31.7 Å². The number of aryl methyl sites for hydroxylation is 2. The maximum Gasteiger partial charge on any atom is 0.257 e. The quantitative estimate of drug-likeness (QED) is 0.112. The number of carbonyl (C=O) groups excluding carboxylic acids is 6. The maximum absolute atomic E-state index is 13.1. The molecular weight excluding hydrogens is 797 g/mol. The summed E-state index contributed by atoms with van der Waals surface area (Å²) in [6, 6.07) is 22.0. The van der Waals surface area contributed by atoms with Crippen molar-refractivity contribution < 1.29 is 28.8 Å². The van der Waals surface area contributed by atoms with Gasteiger partial charge >= 0.3 is 0 Å². The van der Waals surface area contributed by atoms with Crippen LogP contribution in [0.5, 0.6) is 0 Å². The molecule has 14 nitrogen and oxygen atoms in total. The number of fused-ring (bicyclic) bond motifs is 2. The molecule has 0 radical (unpaired) electrons. The lowest BCUT2D eigenvalue weighted by Crippen LogP contribution is -2.51. The van der Waals surface area contributed by atoms with E-state index in [1.807, 2.05) is 12.1 Å². The van der Waals surface area contributed by atoms with Crippen molar-refractivity contribution in [3.05, 3.63) is 106 Å². The predicted molar refractivity (Wildman–Crippen MR) is 243 cm³/mol. The SMILES string of the molecule is CNCC(=O)NC(C(=O)N1CCCC1)c1ccc(C#CC(NC(=O)[C@H](C)NC)C(=O)N2CCCC2)cc1.O=CNC1CCCc2ccccc21.O=CNC1CCCc2ccccc21. The molecule has 2 aliphatic heterocycles. The minimum Gasteiger partial charge on any atom is -0.352 e. The fourth-order valence-corrected chi connectivity index (χ4v) is 8.39. The summed E-state index contributed by atoms with van der Waals surface area (Å²) < 4.78 is 0. The Morgan fingerprint density at radius 1 is 0.683 bits per heavy atom. The van der Waals surface area contributed by atoms with Crippen molar-refractivity contribution in [3.63, 3.8) is 0 Å². The van der Waals surface area contributed by atoms with Gasteiger partial charge < -0.3 is 41.7 Å². The van der Waals surface area contributed by atoms with E-state index < -0.39 is 18.1 Å². The molecule has 63 heavy (non-hydrogen) atoms. The van der Waals surface area contributed by atoms with E-state index in [1.165, 1.54) is 35.1 Å². The molecule has 2 saturated heterocycles. The van der Waals surface area contributed by atoms with Gasteiger partial charge in [-0.25, -0.2) is 0 Å². The van der Waals surface area contributed by atoms with Crippen LogP contribution in [0.25, 0.3) is 0 Å². The highest BCUT2D eigenvalue weighted by Crippen LogP contribution is 2.30. The Labute approximate surface area is 372 Å². The first-order valence-electron chi connectivity index (χ1n) is 22.3. The Balaban J connectivity index is 0.000000230. The number of rotatable bonds is 13. The van der Waals surface area contributed by atoms with E-state index in [-0.39, 0.29) is 42.3 Å². The monoisotopic (exact) mass is 860 g/mol. The molecule has 0 saturated carbocycles. The predicted octanol–water partition coefficient (Wildman–Crippen LogP) is 3.37. The van der Waals surface area contributed by atoms with Crippen LogP contribution in [0.3, 0.4) is 0 Å². The van der Waals surface area contributed by atoms with Gasteiger partial charge in [-0.3, -0.25) is 28.8 Å². The summed E-state index contributed by atoms with van der Waals surface area (Å²) in [5.41, 5.74) is 6.64. The Morgan fingerprint density at radius 2 is 1.19 bits per heavy atom. The van der Waals surface area contributed by atoms with Crippen LogP contribution in [-0.4, -0.2) is 105 Å². The number of carbonyl (C=O) groups is 6. The van der Waals surface area contributed by atoms with Crippen molar-refractivity contribution in [1.82, 2.24) is 41.7 Å². The average molecular weight is 861 g/mol. The van der Waals surface area contributed by atoms with Crippen LogP contribution >= 0.6 is 0 Å². The van der Waals surface area contributed by atoms with Crippen LogP contribution in [0.4, 0.5) is 0 Å². The highest BCUT2D eigenvalue weighted by Gasteiger charge is 2.30. The third-order valence-electron chi connectivity index (χ3n) is 12.0. The molecule has 4 unspecified atom stereocenters. The van der Waals surface area contributed by atoms with Crippen molar-refractivity contribution in [3.8, 4) is 11.8 Å². The first-order valence-corrected chi connectivity index (χ1v) is 22.3. The van der Waals surface area contributed by atoms with Crippen LogP contribution in [0.15, 0.2) is 72.8 Å². The number of likely N-dealkylation sites (N-methyl/N-ethyl adjacent to an activating group) is 2. The molecule has 2 heterocycles. The van der Waals surface area contributed by atoms with Crippen LogP contribution < -0.4 is 31.9 Å². The molecule has 0 aromatic heterocycles. The lowest BCUT2D eigenvalue weighted by Gasteiger charge is -2.24. The van der Waals surface area contributed by atoms with Crippen LogP contribution in [-0.2, 0) is 41.6 Å². The second kappa shape index (κ2) is 25.2. The zero-order valence-corrected chi connectivity index (χ0v) is 36.9. The van der Waals surface area contributed by atoms with Gasteiger partial charge in [-0.2, -0.15) is 0 Å². The van der Waals surface area contributed by atoms with Crippen molar-refractivity contribution in [2.45, 2.75) is 101 Å². The molecule has 4 aliphatic rings. The fraction of sp³-hybridized carbons (Fsp3) is 0.469. The second-order valence-corrected chi connectivity index (χ2v) is 16.3. The number of hydrogen-bond acceptors (Lipinski definition) is 8. The molecule has 14 heteroatoms. The third kappa shape index (κ3) is 14.0. The van der Waals surface area contributed by atoms with Gasteiger partial charge in [-0.1, -0.05) is 72.5 Å². The van der Waals surface area contributed by atoms with Crippen molar-refractivity contribution in [2.75, 3.05) is 46.8 Å². The number of amides is 6. The Kier molecular flexibility index (Phi) is 19.2. The summed E-state index contributed by atoms with van der Waals surface area (Å²) in [5.74, 6) is 5.03. The summed E-state index contributed by atoms with van der Waals surface area (Å²) in [6.07, 6.45) is 12.2. The summed E-state index contributed by atoms with van der Waals surface area (Å²) in [5, 5.41) is 17.0. The molecule has 7 rings (SSSR count). The van der Waals surface area contributed by atoms with Crippen molar-refractivity contribution in [2.24, 2.45) is 0 Å². The van der Waals surface area contributed by atoms with Gasteiger partial charge in [0.25, 0.3) is 5.91 Å². The van der Waals surface area contributed by atoms with Gasteiger partial charge in [-0.05, 0) is 125 Å². The van der Waals surface area contributed by atoms with E-state index in [2.05, 4.69) is 80.1 Å². The van der Waals surface area contributed by atoms with Gasteiger partial charge in [-0.15, -0.1) is 0 Å². The number of hydrogen-bond donors (Lipinski definition) is 6. The minimum absolute atomic E-state index is 0.109. The topological polar surface area (TPSA) is 181 Å². The van der Waals surface area contributed by atoms with Crippen molar-refractivity contribution >= 4 is 36.4 Å².